The average Bonchev–Trinajstić information content (AvgIpc) is 3.15. The highest BCUT2D eigenvalue weighted by Crippen LogP contribution is 2.38. The molecule has 32 heavy (non-hydrogen) atoms. The highest BCUT2D eigenvalue weighted by atomic mass is 16.5. The smallest absolute Gasteiger partial charge is 0.338 e. The molecule has 1 aliphatic carbocycles. The van der Waals surface area contributed by atoms with E-state index < -0.39 is 17.9 Å². The number of esters is 3. The van der Waals surface area contributed by atoms with Crippen molar-refractivity contribution >= 4 is 17.9 Å². The van der Waals surface area contributed by atoms with Crippen molar-refractivity contribution in [3.63, 3.8) is 0 Å². The van der Waals surface area contributed by atoms with Gasteiger partial charge in [0.25, 0.3) is 0 Å². The number of rotatable bonds is 7. The third-order valence-corrected chi connectivity index (χ3v) is 4.93. The zero-order valence-electron chi connectivity index (χ0n) is 18.1. The average molecular weight is 432 g/mol. The van der Waals surface area contributed by atoms with Crippen LogP contribution in [0.2, 0.25) is 0 Å². The second-order valence-corrected chi connectivity index (χ2v) is 7.61. The molecule has 0 saturated carbocycles. The molecule has 0 N–H and O–H groups in total. The predicted molar refractivity (Wildman–Crippen MR) is 120 cm³/mol. The number of fused-ring (bicyclic) bond motifs is 1. The second kappa shape index (κ2) is 9.47. The van der Waals surface area contributed by atoms with Gasteiger partial charge in [-0.3, -0.25) is 0 Å². The van der Waals surface area contributed by atoms with Gasteiger partial charge in [-0.05, 0) is 67.1 Å². The van der Waals surface area contributed by atoms with Gasteiger partial charge in [-0.15, -0.1) is 0 Å². The molecule has 6 nitrogen and oxygen atoms in total. The Kier molecular flexibility index (Phi) is 6.73. The number of hydrogen-bond acceptors (Lipinski definition) is 6. The molecule has 0 fully saturated rings. The van der Waals surface area contributed by atoms with Gasteiger partial charge in [0.15, 0.2) is 0 Å². The zero-order chi connectivity index (χ0) is 23.4. The molecule has 0 spiro atoms. The number of carbonyl (C=O) groups excluding carboxylic acids is 3. The van der Waals surface area contributed by atoms with E-state index in [0.717, 1.165) is 29.2 Å². The largest absolute Gasteiger partial charge is 0.454 e. The quantitative estimate of drug-likeness (QED) is 0.347. The van der Waals surface area contributed by atoms with Gasteiger partial charge in [0.05, 0.1) is 0 Å². The van der Waals surface area contributed by atoms with Gasteiger partial charge < -0.3 is 14.2 Å². The van der Waals surface area contributed by atoms with E-state index in [9.17, 15) is 14.4 Å². The van der Waals surface area contributed by atoms with Crippen molar-refractivity contribution in [1.82, 2.24) is 0 Å². The zero-order valence-corrected chi connectivity index (χ0v) is 18.1. The molecule has 0 saturated heterocycles. The summed E-state index contributed by atoms with van der Waals surface area (Å²) in [4.78, 5) is 35.7. The lowest BCUT2D eigenvalue weighted by Gasteiger charge is -2.14. The fourth-order valence-corrected chi connectivity index (χ4v) is 3.30. The number of aryl methyl sites for hydroxylation is 1. The maximum Gasteiger partial charge on any atom is 0.338 e. The van der Waals surface area contributed by atoms with Gasteiger partial charge in [-0.1, -0.05) is 31.9 Å². The number of benzene rings is 2. The van der Waals surface area contributed by atoms with Gasteiger partial charge in [0.1, 0.15) is 17.6 Å². The molecule has 2 aromatic carbocycles. The summed E-state index contributed by atoms with van der Waals surface area (Å²) in [5.41, 5.74) is 3.91. The molecule has 1 aliphatic rings. The van der Waals surface area contributed by atoms with Crippen LogP contribution in [0, 0.1) is 0 Å². The van der Waals surface area contributed by atoms with E-state index in [4.69, 9.17) is 14.2 Å². The van der Waals surface area contributed by atoms with E-state index in [1.165, 1.54) is 6.07 Å². The molecular weight excluding hydrogens is 408 g/mol. The van der Waals surface area contributed by atoms with Crippen LogP contribution in [-0.2, 0) is 25.5 Å². The summed E-state index contributed by atoms with van der Waals surface area (Å²) in [6.07, 6.45) is 2.27. The molecule has 0 aromatic heterocycles. The third-order valence-electron chi connectivity index (χ3n) is 4.93. The Labute approximate surface area is 186 Å². The fourth-order valence-electron chi connectivity index (χ4n) is 3.30. The number of hydrogen-bond donors (Lipinski definition) is 0. The van der Waals surface area contributed by atoms with Crippen LogP contribution in [-0.4, -0.2) is 17.9 Å². The molecule has 0 aliphatic heterocycles. The summed E-state index contributed by atoms with van der Waals surface area (Å²) in [6.45, 7) is 13.7. The van der Waals surface area contributed by atoms with Crippen LogP contribution >= 0.6 is 0 Å². The van der Waals surface area contributed by atoms with Crippen LogP contribution in [0.25, 0.3) is 11.1 Å². The van der Waals surface area contributed by atoms with Gasteiger partial charge in [0.2, 0.25) is 0 Å². The van der Waals surface area contributed by atoms with Crippen molar-refractivity contribution < 1.29 is 28.6 Å². The maximum atomic E-state index is 12.0. The minimum atomic E-state index is -0.593. The lowest BCUT2D eigenvalue weighted by molar-refractivity contribution is -0.143. The maximum absolute atomic E-state index is 12.0. The van der Waals surface area contributed by atoms with Crippen molar-refractivity contribution in [2.24, 2.45) is 0 Å². The van der Waals surface area contributed by atoms with Crippen LogP contribution in [0.1, 0.15) is 37.5 Å². The van der Waals surface area contributed by atoms with E-state index in [1.807, 2.05) is 18.2 Å². The minimum Gasteiger partial charge on any atom is -0.454 e. The lowest BCUT2D eigenvalue weighted by Crippen LogP contribution is -2.10. The molecule has 0 radical (unpaired) electrons. The minimum absolute atomic E-state index is 0.204. The first-order valence-electron chi connectivity index (χ1n) is 10.0. The van der Waals surface area contributed by atoms with E-state index in [-0.39, 0.29) is 28.7 Å². The molecule has 164 valence electrons. The van der Waals surface area contributed by atoms with Crippen molar-refractivity contribution in [1.29, 1.82) is 0 Å². The normalized spacial score (nSPS) is 14.1. The molecule has 2 aromatic rings. The van der Waals surface area contributed by atoms with Crippen molar-refractivity contribution in [2.75, 3.05) is 0 Å². The Morgan fingerprint density at radius 1 is 0.906 bits per heavy atom. The Bertz CT molecular complexity index is 1090. The first-order chi connectivity index (χ1) is 15.2. The Hall–Kier alpha value is -3.93. The predicted octanol–water partition coefficient (Wildman–Crippen LogP) is 5.03. The summed E-state index contributed by atoms with van der Waals surface area (Å²) in [5.74, 6) is -1.25. The van der Waals surface area contributed by atoms with Gasteiger partial charge >= 0.3 is 17.9 Å². The van der Waals surface area contributed by atoms with Crippen molar-refractivity contribution in [2.45, 2.75) is 32.8 Å². The SMILES string of the molecule is C=CC(=O)OC1CCc2ccc(-c3cc(OC(=O)C(=C)C)cc(OC(=O)C(=C)C)c3)cc21. The molecule has 1 atom stereocenters. The van der Waals surface area contributed by atoms with Gasteiger partial charge in [-0.25, -0.2) is 14.4 Å². The Morgan fingerprint density at radius 2 is 1.50 bits per heavy atom. The monoisotopic (exact) mass is 432 g/mol. The topological polar surface area (TPSA) is 78.9 Å². The van der Waals surface area contributed by atoms with Crippen molar-refractivity contribution in [3.05, 3.63) is 84.5 Å². The molecule has 1 unspecified atom stereocenters. The molecule has 0 amide bonds. The fraction of sp³-hybridized carbons (Fsp3) is 0.192. The lowest BCUT2D eigenvalue weighted by atomic mass is 9.99. The standard InChI is InChI=1S/C26H24O6/c1-6-24(27)32-23-10-9-17-7-8-18(13-22(17)23)19-11-20(30-25(28)15(2)3)14-21(12-19)31-26(29)16(4)5/h6-8,11-14,23H,1-2,4,9-10H2,3,5H3. The van der Waals surface area contributed by atoms with E-state index in [1.54, 1.807) is 26.0 Å². The summed E-state index contributed by atoms with van der Waals surface area (Å²) in [6, 6.07) is 10.6. The van der Waals surface area contributed by atoms with Crippen molar-refractivity contribution in [3.8, 4) is 22.6 Å². The Balaban J connectivity index is 2.01. The summed E-state index contributed by atoms with van der Waals surface area (Å²) in [7, 11) is 0. The van der Waals surface area contributed by atoms with Crippen LogP contribution < -0.4 is 9.47 Å². The Morgan fingerprint density at radius 3 is 2.03 bits per heavy atom. The first-order valence-corrected chi connectivity index (χ1v) is 10.0. The molecule has 0 heterocycles. The van der Waals surface area contributed by atoms with E-state index in [0.29, 0.717) is 12.0 Å². The molecule has 0 bridgehead atoms. The summed E-state index contributed by atoms with van der Waals surface area (Å²) < 4.78 is 16.2. The third kappa shape index (κ3) is 5.21. The van der Waals surface area contributed by atoms with E-state index in [2.05, 4.69) is 19.7 Å². The van der Waals surface area contributed by atoms with Crippen LogP contribution in [0.4, 0.5) is 0 Å². The molecular formula is C26H24O6. The highest BCUT2D eigenvalue weighted by Gasteiger charge is 2.26. The van der Waals surface area contributed by atoms with Crippen LogP contribution in [0.3, 0.4) is 0 Å². The van der Waals surface area contributed by atoms with E-state index >= 15 is 0 Å². The summed E-state index contributed by atoms with van der Waals surface area (Å²) >= 11 is 0. The first kappa shape index (κ1) is 22.7. The number of carbonyl (C=O) groups is 3. The van der Waals surface area contributed by atoms with Crippen LogP contribution in [0.5, 0.6) is 11.5 Å². The van der Waals surface area contributed by atoms with Gasteiger partial charge in [-0.2, -0.15) is 0 Å². The van der Waals surface area contributed by atoms with Crippen LogP contribution in [0.15, 0.2) is 73.4 Å². The molecule has 6 heteroatoms. The molecule has 3 rings (SSSR count). The number of ether oxygens (including phenoxy) is 3. The summed E-state index contributed by atoms with van der Waals surface area (Å²) in [5, 5.41) is 0. The highest BCUT2D eigenvalue weighted by molar-refractivity contribution is 5.90. The second-order valence-electron chi connectivity index (χ2n) is 7.61. The van der Waals surface area contributed by atoms with Gasteiger partial charge in [0, 0.05) is 23.3 Å².